The van der Waals surface area contributed by atoms with E-state index in [-0.39, 0.29) is 18.0 Å². The van der Waals surface area contributed by atoms with Crippen LogP contribution in [0.3, 0.4) is 0 Å². The van der Waals surface area contributed by atoms with Crippen molar-refractivity contribution in [1.29, 1.82) is 0 Å². The molecular weight excluding hydrogens is 320 g/mol. The molecule has 5 nitrogen and oxygen atoms in total. The van der Waals surface area contributed by atoms with Crippen LogP contribution in [0.15, 0.2) is 0 Å². The zero-order valence-electron chi connectivity index (χ0n) is 15.9. The molecule has 0 aromatic carbocycles. The van der Waals surface area contributed by atoms with Crippen molar-refractivity contribution >= 4 is 11.9 Å². The van der Waals surface area contributed by atoms with Crippen molar-refractivity contribution in [3.63, 3.8) is 0 Å². The first-order valence-corrected chi connectivity index (χ1v) is 10.1. The maximum Gasteiger partial charge on any atom is 0.305 e. The molecule has 0 N–H and O–H groups in total. The van der Waals surface area contributed by atoms with E-state index in [0.717, 1.165) is 77.2 Å². The van der Waals surface area contributed by atoms with Gasteiger partial charge < -0.3 is 14.2 Å². The highest BCUT2D eigenvalue weighted by atomic mass is 16.6. The molecule has 146 valence electrons. The molecule has 0 aromatic heterocycles. The van der Waals surface area contributed by atoms with Crippen LogP contribution in [0.1, 0.15) is 90.4 Å². The Hall–Kier alpha value is -1.10. The zero-order chi connectivity index (χ0) is 18.2. The number of carbonyl (C=O) groups excluding carboxylic acids is 2. The zero-order valence-corrected chi connectivity index (χ0v) is 15.9. The van der Waals surface area contributed by atoms with E-state index >= 15 is 0 Å². The molecule has 1 atom stereocenters. The molecule has 0 radical (unpaired) electrons. The Morgan fingerprint density at radius 1 is 0.880 bits per heavy atom. The van der Waals surface area contributed by atoms with Crippen molar-refractivity contribution in [2.24, 2.45) is 0 Å². The summed E-state index contributed by atoms with van der Waals surface area (Å²) in [6.07, 6.45) is 12.5. The first-order chi connectivity index (χ1) is 12.2. The highest BCUT2D eigenvalue weighted by Crippen LogP contribution is 2.13. The molecule has 5 heteroatoms. The highest BCUT2D eigenvalue weighted by Gasteiger charge is 2.17. The third-order valence-corrected chi connectivity index (χ3v) is 4.48. The van der Waals surface area contributed by atoms with Crippen molar-refractivity contribution in [3.8, 4) is 0 Å². The minimum absolute atomic E-state index is 0.0647. The number of unbranched alkanes of at least 4 members (excludes halogenated alkanes) is 7. The topological polar surface area (TPSA) is 61.8 Å². The van der Waals surface area contributed by atoms with Crippen molar-refractivity contribution in [2.75, 3.05) is 19.8 Å². The fourth-order valence-electron chi connectivity index (χ4n) is 2.89. The van der Waals surface area contributed by atoms with E-state index in [1.807, 2.05) is 0 Å². The predicted octanol–water partition coefficient (Wildman–Crippen LogP) is 4.56. The van der Waals surface area contributed by atoms with Gasteiger partial charge in [0.1, 0.15) is 6.61 Å². The van der Waals surface area contributed by atoms with Crippen molar-refractivity contribution in [3.05, 3.63) is 0 Å². The van der Waals surface area contributed by atoms with Crippen LogP contribution in [-0.2, 0) is 23.8 Å². The Kier molecular flexibility index (Phi) is 13.3. The summed E-state index contributed by atoms with van der Waals surface area (Å²) in [5.74, 6) is -0.175. The Balaban J connectivity index is 1.80. The SMILES string of the molecule is CCCCCOC(=O)CCCCCCCCC(=O)OCC1CCCO1. The number of esters is 2. The normalized spacial score (nSPS) is 16.8. The second-order valence-electron chi connectivity index (χ2n) is 6.87. The van der Waals surface area contributed by atoms with Gasteiger partial charge >= 0.3 is 11.9 Å². The fraction of sp³-hybridized carbons (Fsp3) is 0.900. The predicted molar refractivity (Wildman–Crippen MR) is 97.4 cm³/mol. The van der Waals surface area contributed by atoms with E-state index in [9.17, 15) is 9.59 Å². The molecule has 0 amide bonds. The summed E-state index contributed by atoms with van der Waals surface area (Å²) < 4.78 is 15.8. The second-order valence-corrected chi connectivity index (χ2v) is 6.87. The van der Waals surface area contributed by atoms with Gasteiger partial charge in [-0.05, 0) is 32.1 Å². The Labute approximate surface area is 152 Å². The van der Waals surface area contributed by atoms with Gasteiger partial charge in [0.05, 0.1) is 12.7 Å². The number of rotatable bonds is 15. The van der Waals surface area contributed by atoms with Crippen molar-refractivity contribution in [2.45, 2.75) is 96.5 Å². The summed E-state index contributed by atoms with van der Waals surface area (Å²) in [6.45, 7) is 3.90. The Morgan fingerprint density at radius 2 is 1.52 bits per heavy atom. The minimum Gasteiger partial charge on any atom is -0.466 e. The van der Waals surface area contributed by atoms with Crippen LogP contribution in [0.25, 0.3) is 0 Å². The van der Waals surface area contributed by atoms with Gasteiger partial charge in [0.25, 0.3) is 0 Å². The molecule has 0 saturated carbocycles. The summed E-state index contributed by atoms with van der Waals surface area (Å²) in [6, 6.07) is 0. The van der Waals surface area contributed by atoms with Crippen LogP contribution in [0.4, 0.5) is 0 Å². The molecule has 1 unspecified atom stereocenters. The average molecular weight is 357 g/mol. The van der Waals surface area contributed by atoms with Crippen molar-refractivity contribution < 1.29 is 23.8 Å². The number of ether oxygens (including phenoxy) is 3. The van der Waals surface area contributed by atoms with Gasteiger partial charge in [-0.25, -0.2) is 0 Å². The van der Waals surface area contributed by atoms with Crippen LogP contribution in [0.5, 0.6) is 0 Å². The Bertz CT molecular complexity index is 350. The van der Waals surface area contributed by atoms with Crippen molar-refractivity contribution in [1.82, 2.24) is 0 Å². The van der Waals surface area contributed by atoms with Crippen LogP contribution in [0, 0.1) is 0 Å². The van der Waals surface area contributed by atoms with Gasteiger partial charge in [0, 0.05) is 19.4 Å². The minimum atomic E-state index is -0.110. The van der Waals surface area contributed by atoms with Gasteiger partial charge in [-0.2, -0.15) is 0 Å². The number of carbonyl (C=O) groups is 2. The molecular formula is C20H36O5. The number of hydrogen-bond donors (Lipinski definition) is 0. The van der Waals surface area contributed by atoms with Crippen LogP contribution in [0.2, 0.25) is 0 Å². The molecule has 1 fully saturated rings. The molecule has 25 heavy (non-hydrogen) atoms. The lowest BCUT2D eigenvalue weighted by Gasteiger charge is -2.10. The van der Waals surface area contributed by atoms with Gasteiger partial charge in [-0.15, -0.1) is 0 Å². The van der Waals surface area contributed by atoms with E-state index in [1.165, 1.54) is 0 Å². The molecule has 1 aliphatic heterocycles. The molecule has 0 aliphatic carbocycles. The molecule has 1 saturated heterocycles. The Morgan fingerprint density at radius 3 is 2.12 bits per heavy atom. The van der Waals surface area contributed by atoms with Gasteiger partial charge in [0.2, 0.25) is 0 Å². The van der Waals surface area contributed by atoms with Gasteiger partial charge in [-0.3, -0.25) is 9.59 Å². The largest absolute Gasteiger partial charge is 0.466 e. The summed E-state index contributed by atoms with van der Waals surface area (Å²) in [7, 11) is 0. The molecule has 1 aliphatic rings. The average Bonchev–Trinajstić information content (AvgIpc) is 3.13. The summed E-state index contributed by atoms with van der Waals surface area (Å²) in [4.78, 5) is 23.1. The second kappa shape index (κ2) is 15.2. The van der Waals surface area contributed by atoms with E-state index in [0.29, 0.717) is 26.1 Å². The lowest BCUT2D eigenvalue weighted by molar-refractivity contribution is -0.147. The first kappa shape index (κ1) is 21.9. The molecule has 0 aromatic rings. The molecule has 1 heterocycles. The fourth-order valence-corrected chi connectivity index (χ4v) is 2.89. The maximum absolute atomic E-state index is 11.6. The first-order valence-electron chi connectivity index (χ1n) is 10.1. The third-order valence-electron chi connectivity index (χ3n) is 4.48. The summed E-state index contributed by atoms with van der Waals surface area (Å²) in [5, 5.41) is 0. The smallest absolute Gasteiger partial charge is 0.305 e. The monoisotopic (exact) mass is 356 g/mol. The summed E-state index contributed by atoms with van der Waals surface area (Å²) in [5.41, 5.74) is 0. The molecule has 1 rings (SSSR count). The molecule has 0 bridgehead atoms. The highest BCUT2D eigenvalue weighted by molar-refractivity contribution is 5.69. The van der Waals surface area contributed by atoms with E-state index in [4.69, 9.17) is 14.2 Å². The lowest BCUT2D eigenvalue weighted by Crippen LogP contribution is -2.17. The number of hydrogen-bond acceptors (Lipinski definition) is 5. The van der Waals surface area contributed by atoms with E-state index in [2.05, 4.69) is 6.92 Å². The lowest BCUT2D eigenvalue weighted by atomic mass is 10.1. The standard InChI is InChI=1S/C20H36O5/c1-2-3-10-15-24-19(21)13-8-6-4-5-7-9-14-20(22)25-17-18-12-11-16-23-18/h18H,2-17H2,1H3. The van der Waals surface area contributed by atoms with Gasteiger partial charge in [0.15, 0.2) is 0 Å². The molecule has 0 spiro atoms. The van der Waals surface area contributed by atoms with E-state index < -0.39 is 0 Å². The van der Waals surface area contributed by atoms with Gasteiger partial charge in [-0.1, -0.05) is 45.4 Å². The van der Waals surface area contributed by atoms with Crippen LogP contribution < -0.4 is 0 Å². The third kappa shape index (κ3) is 12.9. The maximum atomic E-state index is 11.6. The summed E-state index contributed by atoms with van der Waals surface area (Å²) >= 11 is 0. The van der Waals surface area contributed by atoms with Crippen LogP contribution >= 0.6 is 0 Å². The van der Waals surface area contributed by atoms with E-state index in [1.54, 1.807) is 0 Å². The quantitative estimate of drug-likeness (QED) is 0.318. The van der Waals surface area contributed by atoms with Crippen LogP contribution in [-0.4, -0.2) is 37.9 Å².